The van der Waals surface area contributed by atoms with Crippen LogP contribution < -0.4 is 16.6 Å². The van der Waals surface area contributed by atoms with Crippen molar-refractivity contribution in [1.82, 2.24) is 9.97 Å². The van der Waals surface area contributed by atoms with Gasteiger partial charge < -0.3 is 10.3 Å². The number of fused-ring (bicyclic) bond motifs is 1. The van der Waals surface area contributed by atoms with Gasteiger partial charge in [-0.3, -0.25) is 9.78 Å². The first-order valence-corrected chi connectivity index (χ1v) is 3.87. The topological polar surface area (TPSA) is 77.8 Å². The summed E-state index contributed by atoms with van der Waals surface area (Å²) in [5, 5.41) is 2.94. The fraction of sp³-hybridized carbons (Fsp3) is 0.429. The molecule has 5 nitrogen and oxygen atoms in total. The smallest absolute Gasteiger partial charge is 0.326 e. The third kappa shape index (κ3) is 1.03. The van der Waals surface area contributed by atoms with Crippen molar-refractivity contribution in [3.8, 4) is 0 Å². The molecule has 12 heavy (non-hydrogen) atoms. The van der Waals surface area contributed by atoms with E-state index in [-0.39, 0.29) is 5.56 Å². The van der Waals surface area contributed by atoms with E-state index < -0.39 is 5.69 Å². The first kappa shape index (κ1) is 7.15. The lowest BCUT2D eigenvalue weighted by atomic mass is 10.1. The largest absolute Gasteiger partial charge is 0.379 e. The van der Waals surface area contributed by atoms with Crippen LogP contribution in [0.3, 0.4) is 0 Å². The molecule has 0 spiro atoms. The fourth-order valence-corrected chi connectivity index (χ4v) is 1.39. The molecule has 0 aromatic carbocycles. The maximum absolute atomic E-state index is 11.1. The zero-order chi connectivity index (χ0) is 8.55. The predicted octanol–water partition coefficient (Wildman–Crippen LogP) is -0.579. The molecule has 0 unspecified atom stereocenters. The van der Waals surface area contributed by atoms with Gasteiger partial charge in [-0.15, -0.1) is 0 Å². The number of hydrogen-bond acceptors (Lipinski definition) is 3. The van der Waals surface area contributed by atoms with E-state index in [0.29, 0.717) is 5.69 Å². The number of H-pyrrole nitrogens is 2. The van der Waals surface area contributed by atoms with Crippen molar-refractivity contribution in [2.75, 3.05) is 11.9 Å². The minimum Gasteiger partial charge on any atom is -0.379 e. The van der Waals surface area contributed by atoms with Gasteiger partial charge in [-0.1, -0.05) is 0 Å². The molecule has 0 bridgehead atoms. The monoisotopic (exact) mass is 167 g/mol. The van der Waals surface area contributed by atoms with Gasteiger partial charge in [0, 0.05) is 12.2 Å². The summed E-state index contributed by atoms with van der Waals surface area (Å²) in [6.07, 6.45) is 1.72. The molecule has 1 aliphatic heterocycles. The standard InChI is InChI=1S/C7H9N3O2/c11-6-5-4(2-1-3-8-5)9-7(12)10-6/h8H,1-3H2,(H2,9,10,11,12). The Kier molecular flexibility index (Phi) is 1.49. The van der Waals surface area contributed by atoms with Gasteiger partial charge in [-0.25, -0.2) is 4.79 Å². The van der Waals surface area contributed by atoms with Crippen LogP contribution in [0.25, 0.3) is 0 Å². The van der Waals surface area contributed by atoms with Gasteiger partial charge in [-0.2, -0.15) is 0 Å². The van der Waals surface area contributed by atoms with E-state index in [1.807, 2.05) is 0 Å². The van der Waals surface area contributed by atoms with Crippen LogP contribution in [0, 0.1) is 0 Å². The molecule has 0 saturated carbocycles. The lowest BCUT2D eigenvalue weighted by Gasteiger charge is -2.14. The van der Waals surface area contributed by atoms with E-state index in [0.717, 1.165) is 25.1 Å². The Morgan fingerprint density at radius 1 is 1.17 bits per heavy atom. The molecule has 0 fully saturated rings. The highest BCUT2D eigenvalue weighted by molar-refractivity contribution is 5.46. The van der Waals surface area contributed by atoms with E-state index in [1.165, 1.54) is 0 Å². The second kappa shape index (κ2) is 2.51. The average molecular weight is 167 g/mol. The van der Waals surface area contributed by atoms with Crippen LogP contribution in [0.15, 0.2) is 9.59 Å². The van der Waals surface area contributed by atoms with Gasteiger partial charge in [-0.05, 0) is 12.8 Å². The van der Waals surface area contributed by atoms with Crippen LogP contribution in [0.4, 0.5) is 5.69 Å². The van der Waals surface area contributed by atoms with E-state index in [1.54, 1.807) is 0 Å². The molecular weight excluding hydrogens is 158 g/mol. The van der Waals surface area contributed by atoms with Gasteiger partial charge in [0.25, 0.3) is 5.56 Å². The van der Waals surface area contributed by atoms with Crippen molar-refractivity contribution in [3.05, 3.63) is 26.5 Å². The highest BCUT2D eigenvalue weighted by atomic mass is 16.2. The number of rotatable bonds is 0. The van der Waals surface area contributed by atoms with E-state index in [4.69, 9.17) is 0 Å². The van der Waals surface area contributed by atoms with Gasteiger partial charge in [0.1, 0.15) is 5.69 Å². The predicted molar refractivity (Wildman–Crippen MR) is 44.5 cm³/mol. The van der Waals surface area contributed by atoms with Crippen molar-refractivity contribution in [2.24, 2.45) is 0 Å². The van der Waals surface area contributed by atoms with Crippen LogP contribution in [0.5, 0.6) is 0 Å². The van der Waals surface area contributed by atoms with Crippen LogP contribution in [-0.4, -0.2) is 16.5 Å². The number of hydrogen-bond donors (Lipinski definition) is 3. The molecule has 1 aromatic heterocycles. The zero-order valence-corrected chi connectivity index (χ0v) is 6.44. The molecule has 2 heterocycles. The lowest BCUT2D eigenvalue weighted by Crippen LogP contribution is -2.30. The molecule has 1 aliphatic rings. The Labute approximate surface area is 67.8 Å². The van der Waals surface area contributed by atoms with Crippen molar-refractivity contribution in [2.45, 2.75) is 12.8 Å². The number of aromatic nitrogens is 2. The number of aryl methyl sites for hydroxylation is 1. The molecule has 64 valence electrons. The molecule has 1 aromatic rings. The summed E-state index contributed by atoms with van der Waals surface area (Å²) in [5.74, 6) is 0. The van der Waals surface area contributed by atoms with Gasteiger partial charge in [0.05, 0.1) is 0 Å². The summed E-state index contributed by atoms with van der Waals surface area (Å²) in [6, 6.07) is 0. The SMILES string of the molecule is O=c1[nH]c2c(c(=O)[nH]1)NCCC2. The molecule has 0 amide bonds. The van der Waals surface area contributed by atoms with Crippen LogP contribution in [0.1, 0.15) is 12.1 Å². The molecule has 3 N–H and O–H groups in total. The quantitative estimate of drug-likeness (QED) is 0.484. The van der Waals surface area contributed by atoms with Crippen molar-refractivity contribution >= 4 is 5.69 Å². The van der Waals surface area contributed by atoms with Crippen molar-refractivity contribution in [1.29, 1.82) is 0 Å². The van der Waals surface area contributed by atoms with E-state index in [9.17, 15) is 9.59 Å². The summed E-state index contributed by atoms with van der Waals surface area (Å²) in [4.78, 5) is 26.7. The summed E-state index contributed by atoms with van der Waals surface area (Å²) in [5.41, 5.74) is 0.478. The number of anilines is 1. The molecule has 5 heteroatoms. The Hall–Kier alpha value is -1.52. The molecular formula is C7H9N3O2. The van der Waals surface area contributed by atoms with Crippen LogP contribution in [0.2, 0.25) is 0 Å². The molecule has 2 rings (SSSR count). The molecule has 0 aliphatic carbocycles. The normalized spacial score (nSPS) is 15.0. The van der Waals surface area contributed by atoms with Crippen molar-refractivity contribution < 1.29 is 0 Å². The first-order chi connectivity index (χ1) is 5.77. The molecule has 0 radical (unpaired) electrons. The van der Waals surface area contributed by atoms with E-state index >= 15 is 0 Å². The Morgan fingerprint density at radius 2 is 2.00 bits per heavy atom. The molecule has 0 atom stereocenters. The van der Waals surface area contributed by atoms with Crippen LogP contribution in [-0.2, 0) is 6.42 Å². The number of nitrogens with one attached hydrogen (secondary N) is 3. The van der Waals surface area contributed by atoms with Crippen LogP contribution >= 0.6 is 0 Å². The maximum Gasteiger partial charge on any atom is 0.326 e. The Balaban J connectivity index is 2.68. The van der Waals surface area contributed by atoms with Gasteiger partial charge in [0.2, 0.25) is 0 Å². The second-order valence-electron chi connectivity index (χ2n) is 2.79. The average Bonchev–Trinajstić information content (AvgIpc) is 2.04. The Morgan fingerprint density at radius 3 is 2.83 bits per heavy atom. The fourth-order valence-electron chi connectivity index (χ4n) is 1.39. The third-order valence-electron chi connectivity index (χ3n) is 1.93. The zero-order valence-electron chi connectivity index (χ0n) is 6.44. The summed E-state index contributed by atoms with van der Waals surface area (Å²) >= 11 is 0. The highest BCUT2D eigenvalue weighted by Gasteiger charge is 2.12. The summed E-state index contributed by atoms with van der Waals surface area (Å²) in [6.45, 7) is 0.794. The number of aromatic amines is 2. The van der Waals surface area contributed by atoms with Gasteiger partial charge >= 0.3 is 5.69 Å². The summed E-state index contributed by atoms with van der Waals surface area (Å²) in [7, 11) is 0. The minimum atomic E-state index is -0.428. The maximum atomic E-state index is 11.1. The van der Waals surface area contributed by atoms with E-state index in [2.05, 4.69) is 15.3 Å². The minimum absolute atomic E-state index is 0.326. The Bertz CT molecular complexity index is 404. The first-order valence-electron chi connectivity index (χ1n) is 3.87. The highest BCUT2D eigenvalue weighted by Crippen LogP contribution is 2.11. The lowest BCUT2D eigenvalue weighted by molar-refractivity contribution is 0.778. The molecule has 0 saturated heterocycles. The van der Waals surface area contributed by atoms with Crippen molar-refractivity contribution in [3.63, 3.8) is 0 Å². The van der Waals surface area contributed by atoms with Gasteiger partial charge in [0.15, 0.2) is 0 Å². The second-order valence-corrected chi connectivity index (χ2v) is 2.79. The third-order valence-corrected chi connectivity index (χ3v) is 1.93. The summed E-state index contributed by atoms with van der Waals surface area (Å²) < 4.78 is 0.